The van der Waals surface area contributed by atoms with Crippen LogP contribution in [0.15, 0.2) is 40.8 Å². The fraction of sp³-hybridized carbons (Fsp3) is 0.294. The Morgan fingerprint density at radius 2 is 1.87 bits per heavy atom. The molecule has 0 atom stereocenters. The van der Waals surface area contributed by atoms with E-state index >= 15 is 0 Å². The first-order valence-electron chi connectivity index (χ1n) is 7.42. The minimum atomic E-state index is -0.795. The van der Waals surface area contributed by atoms with Gasteiger partial charge in [-0.05, 0) is 37.1 Å². The van der Waals surface area contributed by atoms with Gasteiger partial charge in [0.25, 0.3) is 5.91 Å². The number of halogens is 1. The maximum Gasteiger partial charge on any atom is 0.303 e. The molecule has 1 heterocycles. The van der Waals surface area contributed by atoms with Crippen molar-refractivity contribution in [2.45, 2.75) is 25.7 Å². The van der Waals surface area contributed by atoms with Crippen LogP contribution in [0, 0.1) is 0 Å². The zero-order valence-corrected chi connectivity index (χ0v) is 13.3. The van der Waals surface area contributed by atoms with E-state index < -0.39 is 5.97 Å². The fourth-order valence-electron chi connectivity index (χ4n) is 2.13. The van der Waals surface area contributed by atoms with E-state index in [1.54, 1.807) is 18.2 Å². The van der Waals surface area contributed by atoms with Gasteiger partial charge in [-0.1, -0.05) is 30.2 Å². The van der Waals surface area contributed by atoms with Crippen LogP contribution in [-0.4, -0.2) is 23.5 Å². The largest absolute Gasteiger partial charge is 0.481 e. The van der Waals surface area contributed by atoms with E-state index in [-0.39, 0.29) is 18.1 Å². The molecule has 1 amide bonds. The number of benzene rings is 1. The summed E-state index contributed by atoms with van der Waals surface area (Å²) in [4.78, 5) is 22.4. The second-order valence-corrected chi connectivity index (χ2v) is 5.51. The summed E-state index contributed by atoms with van der Waals surface area (Å²) < 4.78 is 5.55. The first kappa shape index (κ1) is 17.1. The molecule has 23 heavy (non-hydrogen) atoms. The Morgan fingerprint density at radius 3 is 2.61 bits per heavy atom. The van der Waals surface area contributed by atoms with Crippen LogP contribution < -0.4 is 5.32 Å². The summed E-state index contributed by atoms with van der Waals surface area (Å²) in [6.07, 6.45) is 2.27. The van der Waals surface area contributed by atoms with Gasteiger partial charge in [0, 0.05) is 18.5 Å². The normalized spacial score (nSPS) is 10.5. The molecule has 1 aromatic carbocycles. The van der Waals surface area contributed by atoms with Crippen molar-refractivity contribution in [3.05, 3.63) is 47.2 Å². The molecule has 6 heteroatoms. The summed E-state index contributed by atoms with van der Waals surface area (Å²) in [6.45, 7) is 0.487. The molecule has 0 bridgehead atoms. The molecular weight excluding hydrogens is 318 g/mol. The number of carboxylic acids is 1. The summed E-state index contributed by atoms with van der Waals surface area (Å²) in [5, 5.41) is 11.8. The number of furan rings is 1. The van der Waals surface area contributed by atoms with Crippen molar-refractivity contribution in [1.82, 2.24) is 5.32 Å². The first-order valence-corrected chi connectivity index (χ1v) is 7.80. The van der Waals surface area contributed by atoms with E-state index in [0.29, 0.717) is 23.7 Å². The molecule has 0 saturated heterocycles. The zero-order chi connectivity index (χ0) is 16.7. The Bertz CT molecular complexity index is 681. The lowest BCUT2D eigenvalue weighted by Crippen LogP contribution is -2.23. The molecule has 1 aromatic heterocycles. The molecular formula is C17H18ClNO4. The van der Waals surface area contributed by atoms with Gasteiger partial charge in [-0.25, -0.2) is 0 Å². The minimum absolute atomic E-state index is 0.160. The molecule has 0 spiro atoms. The maximum atomic E-state index is 12.0. The number of amides is 1. The highest BCUT2D eigenvalue weighted by Gasteiger charge is 2.13. The van der Waals surface area contributed by atoms with Crippen molar-refractivity contribution in [3.8, 4) is 11.3 Å². The summed E-state index contributed by atoms with van der Waals surface area (Å²) in [5.41, 5.74) is 0.738. The molecule has 0 aliphatic carbocycles. The summed E-state index contributed by atoms with van der Waals surface area (Å²) in [5.74, 6) is -0.314. The maximum absolute atomic E-state index is 12.0. The van der Waals surface area contributed by atoms with Crippen LogP contribution in [0.1, 0.15) is 36.2 Å². The van der Waals surface area contributed by atoms with E-state index in [0.717, 1.165) is 18.4 Å². The minimum Gasteiger partial charge on any atom is -0.481 e. The SMILES string of the molecule is O=C(O)CCCCCNC(=O)c1ccc(-c2ccccc2Cl)o1. The number of carbonyl (C=O) groups excluding carboxylic acids is 1. The van der Waals surface area contributed by atoms with E-state index in [9.17, 15) is 9.59 Å². The third kappa shape index (κ3) is 5.14. The summed E-state index contributed by atoms with van der Waals surface area (Å²) in [7, 11) is 0. The van der Waals surface area contributed by atoms with Gasteiger partial charge in [0.2, 0.25) is 0 Å². The Morgan fingerprint density at radius 1 is 1.09 bits per heavy atom. The number of hydrogen-bond donors (Lipinski definition) is 2. The Labute approximate surface area is 139 Å². The van der Waals surface area contributed by atoms with Crippen LogP contribution >= 0.6 is 11.6 Å². The van der Waals surface area contributed by atoms with E-state index in [4.69, 9.17) is 21.1 Å². The van der Waals surface area contributed by atoms with Gasteiger partial charge in [-0.15, -0.1) is 0 Å². The molecule has 0 saturated carbocycles. The van der Waals surface area contributed by atoms with Crippen LogP contribution in [0.5, 0.6) is 0 Å². The molecule has 2 aromatic rings. The fourth-order valence-corrected chi connectivity index (χ4v) is 2.36. The van der Waals surface area contributed by atoms with Crippen LogP contribution in [0.2, 0.25) is 5.02 Å². The summed E-state index contributed by atoms with van der Waals surface area (Å²) in [6, 6.07) is 10.6. The Hall–Kier alpha value is -2.27. The molecule has 5 nitrogen and oxygen atoms in total. The average Bonchev–Trinajstić information content (AvgIpc) is 3.00. The van der Waals surface area contributed by atoms with Gasteiger partial charge in [-0.3, -0.25) is 9.59 Å². The third-order valence-electron chi connectivity index (χ3n) is 3.32. The highest BCUT2D eigenvalue weighted by atomic mass is 35.5. The molecule has 2 N–H and O–H groups in total. The van der Waals surface area contributed by atoms with Crippen LogP contribution in [0.4, 0.5) is 0 Å². The lowest BCUT2D eigenvalue weighted by Gasteiger charge is -2.03. The summed E-state index contributed by atoms with van der Waals surface area (Å²) >= 11 is 6.10. The van der Waals surface area contributed by atoms with Gasteiger partial charge < -0.3 is 14.8 Å². The molecule has 0 fully saturated rings. The van der Waals surface area contributed by atoms with Crippen molar-refractivity contribution in [2.75, 3.05) is 6.54 Å². The van der Waals surface area contributed by atoms with Gasteiger partial charge in [0.15, 0.2) is 5.76 Å². The Balaban J connectivity index is 1.82. The number of nitrogens with one attached hydrogen (secondary N) is 1. The van der Waals surface area contributed by atoms with Crippen molar-refractivity contribution in [3.63, 3.8) is 0 Å². The Kier molecular flexibility index (Phi) is 6.23. The van der Waals surface area contributed by atoms with Crippen LogP contribution in [-0.2, 0) is 4.79 Å². The second kappa shape index (κ2) is 8.39. The topological polar surface area (TPSA) is 79.5 Å². The first-order chi connectivity index (χ1) is 11.1. The predicted octanol–water partition coefficient (Wildman–Crippen LogP) is 3.97. The van der Waals surface area contributed by atoms with Crippen molar-refractivity contribution < 1.29 is 19.1 Å². The quantitative estimate of drug-likeness (QED) is 0.715. The lowest BCUT2D eigenvalue weighted by molar-refractivity contribution is -0.137. The standard InChI is InChI=1S/C17H18ClNO4/c18-13-7-4-3-6-12(13)14-9-10-15(23-14)17(22)19-11-5-1-2-8-16(20)21/h3-4,6-7,9-10H,1-2,5,8,11H2,(H,19,22)(H,20,21). The molecule has 0 aliphatic heterocycles. The molecule has 0 aliphatic rings. The van der Waals surface area contributed by atoms with Crippen molar-refractivity contribution in [1.29, 1.82) is 0 Å². The zero-order valence-electron chi connectivity index (χ0n) is 12.5. The highest BCUT2D eigenvalue weighted by molar-refractivity contribution is 6.33. The predicted molar refractivity (Wildman–Crippen MR) is 87.6 cm³/mol. The van der Waals surface area contributed by atoms with E-state index in [1.165, 1.54) is 0 Å². The molecule has 122 valence electrons. The van der Waals surface area contributed by atoms with E-state index in [1.807, 2.05) is 18.2 Å². The highest BCUT2D eigenvalue weighted by Crippen LogP contribution is 2.28. The lowest BCUT2D eigenvalue weighted by atomic mass is 10.2. The molecule has 0 unspecified atom stereocenters. The smallest absolute Gasteiger partial charge is 0.303 e. The monoisotopic (exact) mass is 335 g/mol. The number of rotatable bonds is 8. The van der Waals surface area contributed by atoms with Crippen LogP contribution in [0.25, 0.3) is 11.3 Å². The van der Waals surface area contributed by atoms with Crippen molar-refractivity contribution >= 4 is 23.5 Å². The number of carboxylic acid groups (broad SMARTS) is 1. The third-order valence-corrected chi connectivity index (χ3v) is 3.65. The number of aliphatic carboxylic acids is 1. The van der Waals surface area contributed by atoms with Crippen molar-refractivity contribution in [2.24, 2.45) is 0 Å². The number of unbranched alkanes of at least 4 members (excludes halogenated alkanes) is 2. The number of carbonyl (C=O) groups is 2. The average molecular weight is 336 g/mol. The number of hydrogen-bond acceptors (Lipinski definition) is 3. The van der Waals surface area contributed by atoms with Crippen LogP contribution in [0.3, 0.4) is 0 Å². The molecule has 0 radical (unpaired) electrons. The van der Waals surface area contributed by atoms with E-state index in [2.05, 4.69) is 5.32 Å². The molecule has 2 rings (SSSR count). The van der Waals surface area contributed by atoms with Gasteiger partial charge >= 0.3 is 5.97 Å². The van der Waals surface area contributed by atoms with Gasteiger partial charge in [0.05, 0.1) is 5.02 Å². The van der Waals surface area contributed by atoms with Gasteiger partial charge in [0.1, 0.15) is 5.76 Å². The second-order valence-electron chi connectivity index (χ2n) is 5.10. The van der Waals surface area contributed by atoms with Gasteiger partial charge in [-0.2, -0.15) is 0 Å².